The Bertz CT molecular complexity index is 379. The molecule has 0 saturated heterocycles. The summed E-state index contributed by atoms with van der Waals surface area (Å²) in [6.07, 6.45) is 0. The Morgan fingerprint density at radius 2 is 2.00 bits per heavy atom. The van der Waals surface area contributed by atoms with Crippen LogP contribution >= 0.6 is 0 Å². The number of nitrogens with one attached hydrogen (secondary N) is 1. The fourth-order valence-electron chi connectivity index (χ4n) is 1.62. The number of hydrogen-bond donors (Lipinski definition) is 3. The zero-order chi connectivity index (χ0) is 13.6. The third-order valence-corrected chi connectivity index (χ3v) is 2.65. The third-order valence-electron chi connectivity index (χ3n) is 2.65. The molecule has 0 aliphatic carbocycles. The average molecular weight is 255 g/mol. The summed E-state index contributed by atoms with van der Waals surface area (Å²) in [5.74, 6) is 1.35. The lowest BCUT2D eigenvalue weighted by molar-refractivity contribution is 0.00250. The van der Waals surface area contributed by atoms with Crippen LogP contribution in [-0.4, -0.2) is 43.2 Å². The first-order chi connectivity index (χ1) is 8.54. The molecular formula is C13H21NO4. The zero-order valence-corrected chi connectivity index (χ0v) is 11.1. The molecular weight excluding hydrogens is 234 g/mol. The monoisotopic (exact) mass is 255 g/mol. The molecule has 0 fully saturated rings. The second-order valence-electron chi connectivity index (χ2n) is 4.41. The number of aliphatic hydroxyl groups is 2. The zero-order valence-electron chi connectivity index (χ0n) is 11.1. The lowest BCUT2D eigenvalue weighted by Gasteiger charge is -2.21. The van der Waals surface area contributed by atoms with Gasteiger partial charge < -0.3 is 25.0 Å². The van der Waals surface area contributed by atoms with Gasteiger partial charge in [0.05, 0.1) is 26.4 Å². The number of ether oxygens (including phenoxy) is 2. The summed E-state index contributed by atoms with van der Waals surface area (Å²) < 4.78 is 10.5. The molecule has 0 aliphatic rings. The van der Waals surface area contributed by atoms with Crippen molar-refractivity contribution in [3.8, 4) is 11.5 Å². The molecule has 18 heavy (non-hydrogen) atoms. The Kier molecular flexibility index (Phi) is 5.40. The highest BCUT2D eigenvalue weighted by atomic mass is 16.5. The van der Waals surface area contributed by atoms with Crippen LogP contribution in [0.5, 0.6) is 11.5 Å². The molecule has 0 bridgehead atoms. The molecule has 0 saturated carbocycles. The van der Waals surface area contributed by atoms with Gasteiger partial charge in [0.2, 0.25) is 0 Å². The van der Waals surface area contributed by atoms with Crippen molar-refractivity contribution in [1.82, 2.24) is 5.32 Å². The van der Waals surface area contributed by atoms with Crippen LogP contribution < -0.4 is 14.8 Å². The highest BCUT2D eigenvalue weighted by Gasteiger charge is 2.18. The maximum Gasteiger partial charge on any atom is 0.165 e. The van der Waals surface area contributed by atoms with Gasteiger partial charge in [0.15, 0.2) is 11.5 Å². The Balaban J connectivity index is 2.67. The number of rotatable bonds is 7. The van der Waals surface area contributed by atoms with Crippen molar-refractivity contribution in [2.24, 2.45) is 0 Å². The van der Waals surface area contributed by atoms with Gasteiger partial charge in [-0.05, 0) is 13.0 Å². The number of hydrogen-bond acceptors (Lipinski definition) is 5. The van der Waals surface area contributed by atoms with Crippen molar-refractivity contribution in [2.75, 3.05) is 27.4 Å². The molecule has 1 rings (SSSR count). The quantitative estimate of drug-likeness (QED) is 0.663. The molecule has 0 aromatic heterocycles. The third kappa shape index (κ3) is 3.87. The van der Waals surface area contributed by atoms with E-state index in [0.29, 0.717) is 24.6 Å². The molecule has 3 N–H and O–H groups in total. The van der Waals surface area contributed by atoms with E-state index in [1.54, 1.807) is 21.1 Å². The summed E-state index contributed by atoms with van der Waals surface area (Å²) in [4.78, 5) is 0. The van der Waals surface area contributed by atoms with Crippen LogP contribution in [-0.2, 0) is 6.54 Å². The Morgan fingerprint density at radius 1 is 1.28 bits per heavy atom. The van der Waals surface area contributed by atoms with Crippen molar-refractivity contribution >= 4 is 0 Å². The van der Waals surface area contributed by atoms with Crippen LogP contribution in [0.2, 0.25) is 0 Å². The Morgan fingerprint density at radius 3 is 2.56 bits per heavy atom. The molecule has 1 aromatic rings. The van der Waals surface area contributed by atoms with Gasteiger partial charge in [-0.2, -0.15) is 0 Å². The summed E-state index contributed by atoms with van der Waals surface area (Å²) >= 11 is 0. The van der Waals surface area contributed by atoms with Crippen LogP contribution in [0.4, 0.5) is 0 Å². The molecule has 102 valence electrons. The normalized spacial score (nSPS) is 14.1. The number of para-hydroxylation sites is 1. The standard InChI is InChI=1S/C13H21NO4/c1-13(16,9-15)8-14-7-10-5-4-6-11(17-2)12(10)18-3/h4-6,14-16H,7-9H2,1-3H3. The number of methoxy groups -OCH3 is 2. The first-order valence-corrected chi connectivity index (χ1v) is 5.78. The Labute approximate surface area is 107 Å². The molecule has 1 aromatic carbocycles. The summed E-state index contributed by atoms with van der Waals surface area (Å²) in [6.45, 7) is 2.11. The Hall–Kier alpha value is -1.30. The van der Waals surface area contributed by atoms with Crippen LogP contribution in [0.1, 0.15) is 12.5 Å². The van der Waals surface area contributed by atoms with E-state index >= 15 is 0 Å². The SMILES string of the molecule is COc1cccc(CNCC(C)(O)CO)c1OC. The molecule has 1 atom stereocenters. The lowest BCUT2D eigenvalue weighted by atomic mass is 10.1. The van der Waals surface area contributed by atoms with Gasteiger partial charge >= 0.3 is 0 Å². The minimum atomic E-state index is -1.12. The van der Waals surface area contributed by atoms with Crippen molar-refractivity contribution in [1.29, 1.82) is 0 Å². The lowest BCUT2D eigenvalue weighted by Crippen LogP contribution is -2.40. The molecule has 5 heteroatoms. The first-order valence-electron chi connectivity index (χ1n) is 5.78. The summed E-state index contributed by atoms with van der Waals surface area (Å²) in [7, 11) is 3.18. The van der Waals surface area contributed by atoms with E-state index in [9.17, 15) is 5.11 Å². The van der Waals surface area contributed by atoms with E-state index < -0.39 is 5.60 Å². The second kappa shape index (κ2) is 6.58. The van der Waals surface area contributed by atoms with Gasteiger partial charge in [0, 0.05) is 18.7 Å². The van der Waals surface area contributed by atoms with Crippen molar-refractivity contribution in [2.45, 2.75) is 19.1 Å². The van der Waals surface area contributed by atoms with E-state index in [2.05, 4.69) is 5.32 Å². The molecule has 0 aliphatic heterocycles. The van der Waals surface area contributed by atoms with E-state index in [1.165, 1.54) is 0 Å². The van der Waals surface area contributed by atoms with Crippen molar-refractivity contribution < 1.29 is 19.7 Å². The van der Waals surface area contributed by atoms with Gasteiger partial charge in [-0.25, -0.2) is 0 Å². The maximum absolute atomic E-state index is 9.66. The van der Waals surface area contributed by atoms with Gasteiger partial charge in [-0.15, -0.1) is 0 Å². The van der Waals surface area contributed by atoms with Crippen molar-refractivity contribution in [3.05, 3.63) is 23.8 Å². The maximum atomic E-state index is 9.66. The predicted molar refractivity (Wildman–Crippen MR) is 69.0 cm³/mol. The molecule has 0 radical (unpaired) electrons. The van der Waals surface area contributed by atoms with Crippen LogP contribution in [0.3, 0.4) is 0 Å². The summed E-state index contributed by atoms with van der Waals surface area (Å²) in [5.41, 5.74) is -0.183. The predicted octanol–water partition coefficient (Wildman–Crippen LogP) is 0.537. The highest BCUT2D eigenvalue weighted by molar-refractivity contribution is 5.46. The fourth-order valence-corrected chi connectivity index (χ4v) is 1.62. The summed E-state index contributed by atoms with van der Waals surface area (Å²) in [5, 5.41) is 21.7. The molecule has 1 unspecified atom stereocenters. The largest absolute Gasteiger partial charge is 0.493 e. The van der Waals surface area contributed by atoms with Gasteiger partial charge in [-0.1, -0.05) is 12.1 Å². The first kappa shape index (κ1) is 14.8. The van der Waals surface area contributed by atoms with Gasteiger partial charge in [0.1, 0.15) is 0 Å². The molecule has 0 heterocycles. The molecule has 5 nitrogen and oxygen atoms in total. The van der Waals surface area contributed by atoms with Gasteiger partial charge in [0.25, 0.3) is 0 Å². The van der Waals surface area contributed by atoms with Crippen molar-refractivity contribution in [3.63, 3.8) is 0 Å². The van der Waals surface area contributed by atoms with Crippen LogP contribution in [0.25, 0.3) is 0 Å². The minimum Gasteiger partial charge on any atom is -0.493 e. The minimum absolute atomic E-state index is 0.282. The highest BCUT2D eigenvalue weighted by Crippen LogP contribution is 2.30. The summed E-state index contributed by atoms with van der Waals surface area (Å²) in [6, 6.07) is 5.62. The van der Waals surface area contributed by atoms with Gasteiger partial charge in [-0.3, -0.25) is 0 Å². The van der Waals surface area contributed by atoms with E-state index in [1.807, 2.05) is 18.2 Å². The number of aliphatic hydroxyl groups excluding tert-OH is 1. The average Bonchev–Trinajstić information content (AvgIpc) is 2.38. The van der Waals surface area contributed by atoms with Crippen LogP contribution in [0, 0.1) is 0 Å². The second-order valence-corrected chi connectivity index (χ2v) is 4.41. The van der Waals surface area contributed by atoms with Crippen LogP contribution in [0.15, 0.2) is 18.2 Å². The van der Waals surface area contributed by atoms with E-state index in [0.717, 1.165) is 5.56 Å². The molecule has 0 spiro atoms. The number of benzene rings is 1. The van der Waals surface area contributed by atoms with E-state index in [-0.39, 0.29) is 6.61 Å². The molecule has 0 amide bonds. The van der Waals surface area contributed by atoms with E-state index in [4.69, 9.17) is 14.6 Å². The smallest absolute Gasteiger partial charge is 0.165 e. The topological polar surface area (TPSA) is 71.0 Å². The fraction of sp³-hybridized carbons (Fsp3) is 0.538.